The van der Waals surface area contributed by atoms with E-state index in [1.54, 1.807) is 0 Å². The molecule has 1 unspecified atom stereocenters. The molecule has 0 aliphatic rings. The van der Waals surface area contributed by atoms with Crippen molar-refractivity contribution in [2.75, 3.05) is 6.54 Å². The molecule has 0 radical (unpaired) electrons. The summed E-state index contributed by atoms with van der Waals surface area (Å²) in [5.74, 6) is 0. The highest BCUT2D eigenvalue weighted by Crippen LogP contribution is 2.25. The fourth-order valence-electron chi connectivity index (χ4n) is 2.20. The number of nitrogens with one attached hydrogen (secondary N) is 1. The number of nitrogens with zero attached hydrogens (tertiary/aromatic N) is 2. The molecule has 0 fully saturated rings. The van der Waals surface area contributed by atoms with E-state index >= 15 is 0 Å². The Morgan fingerprint density at radius 3 is 2.79 bits per heavy atom. The second-order valence-corrected chi connectivity index (χ2v) is 5.71. The van der Waals surface area contributed by atoms with Crippen LogP contribution in [0, 0.1) is 3.57 Å². The van der Waals surface area contributed by atoms with Gasteiger partial charge in [0.05, 0.1) is 12.2 Å². The number of hydrogen-bond donors (Lipinski definition) is 1. The molecule has 0 aliphatic heterocycles. The standard InChI is InChI=1S/C15H20IN3/c1-3-9-19-11-12(10-18-19)15(17-4-2)13-7-5-6-8-14(13)16/h5-8,10-11,15,17H,3-4,9H2,1-2H3. The first-order valence-corrected chi connectivity index (χ1v) is 7.84. The fourth-order valence-corrected chi connectivity index (χ4v) is 2.90. The van der Waals surface area contributed by atoms with Gasteiger partial charge >= 0.3 is 0 Å². The molecule has 0 spiro atoms. The van der Waals surface area contributed by atoms with Crippen LogP contribution in [0.5, 0.6) is 0 Å². The fraction of sp³-hybridized carbons (Fsp3) is 0.400. The van der Waals surface area contributed by atoms with Gasteiger partial charge in [-0.15, -0.1) is 0 Å². The lowest BCUT2D eigenvalue weighted by atomic mass is 10.0. The van der Waals surface area contributed by atoms with Crippen molar-refractivity contribution in [1.29, 1.82) is 0 Å². The number of hydrogen-bond acceptors (Lipinski definition) is 2. The van der Waals surface area contributed by atoms with Crippen LogP contribution in [0.3, 0.4) is 0 Å². The molecule has 0 saturated heterocycles. The van der Waals surface area contributed by atoms with Crippen LogP contribution in [0.15, 0.2) is 36.7 Å². The Morgan fingerprint density at radius 2 is 2.11 bits per heavy atom. The average Bonchev–Trinajstić information content (AvgIpc) is 2.86. The molecule has 19 heavy (non-hydrogen) atoms. The van der Waals surface area contributed by atoms with Gasteiger partial charge in [0.1, 0.15) is 0 Å². The van der Waals surface area contributed by atoms with Crippen molar-refractivity contribution in [2.45, 2.75) is 32.9 Å². The summed E-state index contributed by atoms with van der Waals surface area (Å²) in [6.45, 7) is 6.22. The summed E-state index contributed by atoms with van der Waals surface area (Å²) in [7, 11) is 0. The van der Waals surface area contributed by atoms with E-state index in [1.165, 1.54) is 14.7 Å². The second kappa shape index (κ2) is 7.05. The number of halogens is 1. The Labute approximate surface area is 128 Å². The summed E-state index contributed by atoms with van der Waals surface area (Å²) < 4.78 is 3.31. The van der Waals surface area contributed by atoms with E-state index < -0.39 is 0 Å². The molecule has 0 saturated carbocycles. The zero-order valence-electron chi connectivity index (χ0n) is 11.4. The number of aryl methyl sites for hydroxylation is 1. The van der Waals surface area contributed by atoms with Crippen LogP contribution in [0.1, 0.15) is 37.4 Å². The molecule has 1 heterocycles. The molecule has 0 amide bonds. The predicted molar refractivity (Wildman–Crippen MR) is 87.2 cm³/mol. The van der Waals surface area contributed by atoms with Gasteiger partial charge in [-0.05, 0) is 47.2 Å². The lowest BCUT2D eigenvalue weighted by Gasteiger charge is -2.18. The topological polar surface area (TPSA) is 29.9 Å². The van der Waals surface area contributed by atoms with Crippen molar-refractivity contribution in [1.82, 2.24) is 15.1 Å². The van der Waals surface area contributed by atoms with Gasteiger partial charge in [0.25, 0.3) is 0 Å². The van der Waals surface area contributed by atoms with E-state index in [-0.39, 0.29) is 6.04 Å². The van der Waals surface area contributed by atoms with Gasteiger partial charge in [0, 0.05) is 21.9 Å². The van der Waals surface area contributed by atoms with Gasteiger partial charge in [-0.3, -0.25) is 4.68 Å². The van der Waals surface area contributed by atoms with Crippen LogP contribution >= 0.6 is 22.6 Å². The number of rotatable bonds is 6. The van der Waals surface area contributed by atoms with E-state index in [0.717, 1.165) is 19.5 Å². The lowest BCUT2D eigenvalue weighted by molar-refractivity contribution is 0.597. The van der Waals surface area contributed by atoms with E-state index in [9.17, 15) is 0 Å². The minimum Gasteiger partial charge on any atom is -0.306 e. The Bertz CT molecular complexity index is 522. The quantitative estimate of drug-likeness (QED) is 0.789. The summed E-state index contributed by atoms with van der Waals surface area (Å²) in [5, 5.41) is 7.99. The van der Waals surface area contributed by atoms with Crippen molar-refractivity contribution >= 4 is 22.6 Å². The van der Waals surface area contributed by atoms with Gasteiger partial charge in [-0.1, -0.05) is 32.0 Å². The summed E-state index contributed by atoms with van der Waals surface area (Å²) in [4.78, 5) is 0. The first-order valence-electron chi connectivity index (χ1n) is 6.76. The minimum absolute atomic E-state index is 0.226. The van der Waals surface area contributed by atoms with Crippen molar-refractivity contribution in [2.24, 2.45) is 0 Å². The smallest absolute Gasteiger partial charge is 0.0618 e. The lowest BCUT2D eigenvalue weighted by Crippen LogP contribution is -2.22. The Morgan fingerprint density at radius 1 is 1.32 bits per heavy atom. The van der Waals surface area contributed by atoms with Crippen molar-refractivity contribution < 1.29 is 0 Å². The van der Waals surface area contributed by atoms with Crippen molar-refractivity contribution in [3.8, 4) is 0 Å². The van der Waals surface area contributed by atoms with Crippen LogP contribution in [0.2, 0.25) is 0 Å². The summed E-state index contributed by atoms with van der Waals surface area (Å²) in [6.07, 6.45) is 5.24. The third-order valence-corrected chi connectivity index (χ3v) is 4.05. The largest absolute Gasteiger partial charge is 0.306 e. The predicted octanol–water partition coefficient (Wildman–Crippen LogP) is 3.60. The second-order valence-electron chi connectivity index (χ2n) is 4.55. The van der Waals surface area contributed by atoms with Gasteiger partial charge < -0.3 is 5.32 Å². The molecule has 0 bridgehead atoms. The molecule has 2 rings (SSSR count). The Balaban J connectivity index is 2.31. The minimum atomic E-state index is 0.226. The Hall–Kier alpha value is -0.880. The van der Waals surface area contributed by atoms with Crippen molar-refractivity contribution in [3.63, 3.8) is 0 Å². The SMILES string of the molecule is CCCn1cc(C(NCC)c2ccccc2I)cn1. The third kappa shape index (κ3) is 3.57. The summed E-state index contributed by atoms with van der Waals surface area (Å²) in [5.41, 5.74) is 2.56. The summed E-state index contributed by atoms with van der Waals surface area (Å²) >= 11 is 2.40. The average molecular weight is 369 g/mol. The molecule has 1 N–H and O–H groups in total. The van der Waals surface area contributed by atoms with Crippen LogP contribution in [0.25, 0.3) is 0 Å². The molecule has 1 aromatic heterocycles. The first kappa shape index (κ1) is 14.5. The maximum Gasteiger partial charge on any atom is 0.0618 e. The van der Waals surface area contributed by atoms with E-state index in [0.29, 0.717) is 0 Å². The van der Waals surface area contributed by atoms with Gasteiger partial charge in [-0.2, -0.15) is 5.10 Å². The monoisotopic (exact) mass is 369 g/mol. The zero-order chi connectivity index (χ0) is 13.7. The number of benzene rings is 1. The molecule has 1 atom stereocenters. The Kier molecular flexibility index (Phi) is 5.39. The van der Waals surface area contributed by atoms with Crippen LogP contribution in [0.4, 0.5) is 0 Å². The van der Waals surface area contributed by atoms with Crippen molar-refractivity contribution in [3.05, 3.63) is 51.4 Å². The highest BCUT2D eigenvalue weighted by molar-refractivity contribution is 14.1. The highest BCUT2D eigenvalue weighted by Gasteiger charge is 2.16. The molecule has 1 aromatic carbocycles. The van der Waals surface area contributed by atoms with Gasteiger partial charge in [-0.25, -0.2) is 0 Å². The first-order chi connectivity index (χ1) is 9.26. The molecular weight excluding hydrogens is 349 g/mol. The van der Waals surface area contributed by atoms with Crippen LogP contribution in [-0.4, -0.2) is 16.3 Å². The van der Waals surface area contributed by atoms with Gasteiger partial charge in [0.2, 0.25) is 0 Å². The van der Waals surface area contributed by atoms with E-state index in [2.05, 4.69) is 77.3 Å². The third-order valence-electron chi connectivity index (χ3n) is 3.06. The molecule has 4 heteroatoms. The highest BCUT2D eigenvalue weighted by atomic mass is 127. The maximum atomic E-state index is 4.44. The van der Waals surface area contributed by atoms with Gasteiger partial charge in [0.15, 0.2) is 0 Å². The molecule has 0 aliphatic carbocycles. The molecule has 3 nitrogen and oxygen atoms in total. The number of aromatic nitrogens is 2. The molecule has 2 aromatic rings. The summed E-state index contributed by atoms with van der Waals surface area (Å²) in [6, 6.07) is 8.74. The molecular formula is C15H20IN3. The van der Waals surface area contributed by atoms with Crippen LogP contribution < -0.4 is 5.32 Å². The normalized spacial score (nSPS) is 12.6. The maximum absolute atomic E-state index is 4.44. The molecule has 102 valence electrons. The zero-order valence-corrected chi connectivity index (χ0v) is 13.6. The van der Waals surface area contributed by atoms with Crippen LogP contribution in [-0.2, 0) is 6.54 Å². The van der Waals surface area contributed by atoms with E-state index in [4.69, 9.17) is 0 Å². The van der Waals surface area contributed by atoms with E-state index in [1.807, 2.05) is 10.9 Å².